The Balaban J connectivity index is 2.03. The van der Waals surface area contributed by atoms with Gasteiger partial charge >= 0.3 is 0 Å². The minimum atomic E-state index is -0.204. The Morgan fingerprint density at radius 2 is 2.00 bits per heavy atom. The Labute approximate surface area is 123 Å². The lowest BCUT2D eigenvalue weighted by atomic mass is 9.71. The molecule has 0 radical (unpaired) electrons. The van der Waals surface area contributed by atoms with E-state index in [9.17, 15) is 4.39 Å². The third-order valence-corrected chi connectivity index (χ3v) is 5.26. The maximum atomic E-state index is 13.1. The largest absolute Gasteiger partial charge is 0.325 e. The van der Waals surface area contributed by atoms with Crippen LogP contribution in [0.2, 0.25) is 0 Å². The Hall–Kier alpha value is -0.410. The molecule has 3 heteroatoms. The van der Waals surface area contributed by atoms with Crippen LogP contribution in [0.5, 0.6) is 0 Å². The van der Waals surface area contributed by atoms with Crippen molar-refractivity contribution in [3.63, 3.8) is 0 Å². The summed E-state index contributed by atoms with van der Waals surface area (Å²) in [7, 11) is 0. The lowest BCUT2D eigenvalue weighted by Crippen LogP contribution is -2.45. The molecule has 1 aliphatic carbocycles. The number of nitrogens with two attached hydrogens (primary N) is 1. The maximum Gasteiger partial charge on any atom is 0.124 e. The maximum absolute atomic E-state index is 13.1. The summed E-state index contributed by atoms with van der Waals surface area (Å²) in [5, 5.41) is 0. The molecule has 0 atom stereocenters. The van der Waals surface area contributed by atoms with E-state index in [2.05, 4.69) is 29.8 Å². The molecule has 2 N–H and O–H groups in total. The summed E-state index contributed by atoms with van der Waals surface area (Å²) in [4.78, 5) is 0. The third kappa shape index (κ3) is 3.79. The molecule has 1 aliphatic rings. The van der Waals surface area contributed by atoms with Crippen LogP contribution in [-0.2, 0) is 6.42 Å². The first-order valence-corrected chi connectivity index (χ1v) is 7.92. The number of benzene rings is 1. The summed E-state index contributed by atoms with van der Waals surface area (Å²) in [5.41, 5.74) is 7.54. The van der Waals surface area contributed by atoms with Gasteiger partial charge in [0.25, 0.3) is 0 Å². The second-order valence-electron chi connectivity index (χ2n) is 6.36. The van der Waals surface area contributed by atoms with Crippen LogP contribution in [0, 0.1) is 17.7 Å². The summed E-state index contributed by atoms with van der Waals surface area (Å²) < 4.78 is 13.9. The Morgan fingerprint density at radius 3 is 2.53 bits per heavy atom. The molecule has 1 saturated carbocycles. The van der Waals surface area contributed by atoms with E-state index in [1.54, 1.807) is 0 Å². The average molecular weight is 328 g/mol. The zero-order valence-corrected chi connectivity index (χ0v) is 13.3. The van der Waals surface area contributed by atoms with Crippen LogP contribution in [0.25, 0.3) is 0 Å². The summed E-state index contributed by atoms with van der Waals surface area (Å²) in [6, 6.07) is 4.89. The second kappa shape index (κ2) is 5.92. The van der Waals surface area contributed by atoms with Crippen LogP contribution in [0.3, 0.4) is 0 Å². The fourth-order valence-corrected chi connectivity index (χ4v) is 3.59. The van der Waals surface area contributed by atoms with E-state index in [1.807, 2.05) is 6.07 Å². The first kappa shape index (κ1) is 15.0. The molecule has 0 aromatic heterocycles. The fraction of sp³-hybridized carbons (Fsp3) is 0.625. The van der Waals surface area contributed by atoms with E-state index in [0.717, 1.165) is 41.1 Å². The van der Waals surface area contributed by atoms with Gasteiger partial charge in [-0.25, -0.2) is 4.39 Å². The normalized spacial score (nSPS) is 27.8. The standard InChI is InChI=1S/C16H23BrFN/c1-11(2)12-5-7-16(19,8-6-12)10-13-3-4-14(18)9-15(13)17/h3-4,9,11-12H,5-8,10,19H2,1-2H3. The molecule has 0 amide bonds. The highest BCUT2D eigenvalue weighted by molar-refractivity contribution is 9.10. The van der Waals surface area contributed by atoms with Gasteiger partial charge < -0.3 is 5.73 Å². The van der Waals surface area contributed by atoms with Gasteiger partial charge in [0.05, 0.1) is 0 Å². The topological polar surface area (TPSA) is 26.0 Å². The Bertz CT molecular complexity index is 436. The molecule has 0 bridgehead atoms. The molecule has 1 nitrogen and oxygen atoms in total. The molecule has 0 aliphatic heterocycles. The van der Waals surface area contributed by atoms with Crippen LogP contribution in [0.1, 0.15) is 45.1 Å². The second-order valence-corrected chi connectivity index (χ2v) is 7.21. The van der Waals surface area contributed by atoms with Crippen molar-refractivity contribution in [1.82, 2.24) is 0 Å². The molecular formula is C16H23BrFN. The molecular weight excluding hydrogens is 305 g/mol. The molecule has 1 aromatic carbocycles. The minimum absolute atomic E-state index is 0.119. The Kier molecular flexibility index (Phi) is 4.67. The van der Waals surface area contributed by atoms with Crippen molar-refractivity contribution in [3.05, 3.63) is 34.1 Å². The number of rotatable bonds is 3. The van der Waals surface area contributed by atoms with Crippen LogP contribution < -0.4 is 5.73 Å². The summed E-state index contributed by atoms with van der Waals surface area (Å²) in [6.07, 6.45) is 5.40. The number of hydrogen-bond donors (Lipinski definition) is 1. The smallest absolute Gasteiger partial charge is 0.124 e. The van der Waals surface area contributed by atoms with Crippen molar-refractivity contribution in [3.8, 4) is 0 Å². The quantitative estimate of drug-likeness (QED) is 0.857. The van der Waals surface area contributed by atoms with Crippen molar-refractivity contribution >= 4 is 15.9 Å². The fourth-order valence-electron chi connectivity index (χ4n) is 3.10. The van der Waals surface area contributed by atoms with Crippen molar-refractivity contribution in [2.24, 2.45) is 17.6 Å². The highest BCUT2D eigenvalue weighted by Crippen LogP contribution is 2.37. The molecule has 1 aromatic rings. The lowest BCUT2D eigenvalue weighted by molar-refractivity contribution is 0.194. The van der Waals surface area contributed by atoms with Gasteiger partial charge in [-0.2, -0.15) is 0 Å². The van der Waals surface area contributed by atoms with E-state index in [0.29, 0.717) is 0 Å². The third-order valence-electron chi connectivity index (χ3n) is 4.53. The van der Waals surface area contributed by atoms with Gasteiger partial charge in [-0.1, -0.05) is 35.8 Å². The van der Waals surface area contributed by atoms with Crippen molar-refractivity contribution in [1.29, 1.82) is 0 Å². The molecule has 1 fully saturated rings. The molecule has 0 heterocycles. The lowest BCUT2D eigenvalue weighted by Gasteiger charge is -2.39. The van der Waals surface area contributed by atoms with Gasteiger partial charge in [0.1, 0.15) is 5.82 Å². The van der Waals surface area contributed by atoms with Crippen LogP contribution in [-0.4, -0.2) is 5.54 Å². The molecule has 19 heavy (non-hydrogen) atoms. The number of hydrogen-bond acceptors (Lipinski definition) is 1. The van der Waals surface area contributed by atoms with Gasteiger partial charge in [-0.05, 0) is 61.6 Å². The minimum Gasteiger partial charge on any atom is -0.325 e. The first-order chi connectivity index (χ1) is 8.89. The van der Waals surface area contributed by atoms with Gasteiger partial charge in [-0.15, -0.1) is 0 Å². The molecule has 0 spiro atoms. The number of halogens is 2. The predicted octanol–water partition coefficient (Wildman–Crippen LogP) is 4.67. The van der Waals surface area contributed by atoms with E-state index in [1.165, 1.54) is 25.0 Å². The van der Waals surface area contributed by atoms with Crippen LogP contribution >= 0.6 is 15.9 Å². The van der Waals surface area contributed by atoms with Crippen molar-refractivity contribution in [2.45, 2.75) is 51.5 Å². The SMILES string of the molecule is CC(C)C1CCC(N)(Cc2ccc(F)cc2Br)CC1. The van der Waals surface area contributed by atoms with Gasteiger partial charge in [0.15, 0.2) is 0 Å². The van der Waals surface area contributed by atoms with Crippen molar-refractivity contribution in [2.75, 3.05) is 0 Å². The van der Waals surface area contributed by atoms with E-state index < -0.39 is 0 Å². The van der Waals surface area contributed by atoms with Gasteiger partial charge in [-0.3, -0.25) is 0 Å². The highest BCUT2D eigenvalue weighted by atomic mass is 79.9. The zero-order valence-electron chi connectivity index (χ0n) is 11.8. The van der Waals surface area contributed by atoms with E-state index >= 15 is 0 Å². The summed E-state index contributed by atoms with van der Waals surface area (Å²) in [6.45, 7) is 4.59. The first-order valence-electron chi connectivity index (χ1n) is 7.12. The molecule has 0 saturated heterocycles. The molecule has 0 unspecified atom stereocenters. The average Bonchev–Trinajstić information content (AvgIpc) is 2.33. The van der Waals surface area contributed by atoms with Crippen LogP contribution in [0.4, 0.5) is 4.39 Å². The monoisotopic (exact) mass is 327 g/mol. The highest BCUT2D eigenvalue weighted by Gasteiger charge is 2.33. The predicted molar refractivity (Wildman–Crippen MR) is 81.5 cm³/mol. The van der Waals surface area contributed by atoms with Crippen LogP contribution in [0.15, 0.2) is 22.7 Å². The van der Waals surface area contributed by atoms with E-state index in [-0.39, 0.29) is 11.4 Å². The Morgan fingerprint density at radius 1 is 1.37 bits per heavy atom. The molecule has 2 rings (SSSR count). The zero-order chi connectivity index (χ0) is 14.0. The van der Waals surface area contributed by atoms with E-state index in [4.69, 9.17) is 5.73 Å². The van der Waals surface area contributed by atoms with Gasteiger partial charge in [0.2, 0.25) is 0 Å². The van der Waals surface area contributed by atoms with Crippen molar-refractivity contribution < 1.29 is 4.39 Å². The molecule has 106 valence electrons. The summed E-state index contributed by atoms with van der Waals surface area (Å²) >= 11 is 3.44. The van der Waals surface area contributed by atoms with Gasteiger partial charge in [0, 0.05) is 10.0 Å². The summed E-state index contributed by atoms with van der Waals surface area (Å²) in [5.74, 6) is 1.36.